The van der Waals surface area contributed by atoms with Gasteiger partial charge in [0.1, 0.15) is 23.4 Å². The number of hydrogen-bond acceptors (Lipinski definition) is 6. The second-order valence-electron chi connectivity index (χ2n) is 10.2. The van der Waals surface area contributed by atoms with E-state index in [0.29, 0.717) is 71.8 Å². The van der Waals surface area contributed by atoms with Crippen LogP contribution in [0.4, 0.5) is 0 Å². The SMILES string of the molecule is N=C(N)NCCCC(C(N)=O)n1c(-c2cccc(Oc3ccccc3)c2)nc2cc(C(=O)NCCc3ccncc3)ccc21. The molecule has 0 saturated heterocycles. The van der Waals surface area contributed by atoms with Crippen LogP contribution in [0.1, 0.15) is 34.8 Å². The van der Waals surface area contributed by atoms with Crippen LogP contribution in [0.3, 0.4) is 0 Å². The number of hydrogen-bond donors (Lipinski definition) is 5. The minimum absolute atomic E-state index is 0.142. The number of carbonyl (C=O) groups excluding carboxylic acids is 2. The summed E-state index contributed by atoms with van der Waals surface area (Å²) in [6.45, 7) is 0.873. The second kappa shape index (κ2) is 14.0. The predicted octanol–water partition coefficient (Wildman–Crippen LogP) is 4.15. The van der Waals surface area contributed by atoms with E-state index < -0.39 is 11.9 Å². The van der Waals surface area contributed by atoms with E-state index in [1.54, 1.807) is 30.6 Å². The van der Waals surface area contributed by atoms with E-state index in [4.69, 9.17) is 26.6 Å². The van der Waals surface area contributed by atoms with Crippen molar-refractivity contribution in [3.05, 3.63) is 108 Å². The lowest BCUT2D eigenvalue weighted by molar-refractivity contribution is -0.121. The highest BCUT2D eigenvalue weighted by molar-refractivity contribution is 5.98. The smallest absolute Gasteiger partial charge is 0.251 e. The molecule has 2 heterocycles. The number of amides is 2. The number of fused-ring (bicyclic) bond motifs is 1. The molecule has 0 saturated carbocycles. The van der Waals surface area contributed by atoms with Crippen molar-refractivity contribution in [2.24, 2.45) is 11.5 Å². The van der Waals surface area contributed by atoms with Crippen LogP contribution in [-0.2, 0) is 11.2 Å². The first kappa shape index (κ1) is 29.8. The largest absolute Gasteiger partial charge is 0.457 e. The number of primary amides is 1. The topological polar surface area (TPSA) is 174 Å². The fraction of sp³-hybridized carbons (Fsp3) is 0.182. The molecule has 5 rings (SSSR count). The average molecular weight is 591 g/mol. The third-order valence-electron chi connectivity index (χ3n) is 7.08. The maximum absolute atomic E-state index is 13.0. The lowest BCUT2D eigenvalue weighted by Crippen LogP contribution is -2.32. The summed E-state index contributed by atoms with van der Waals surface area (Å²) in [5.41, 5.74) is 14.8. The number of nitrogens with two attached hydrogens (primary N) is 2. The second-order valence-corrected chi connectivity index (χ2v) is 10.2. The molecule has 11 heteroatoms. The van der Waals surface area contributed by atoms with E-state index in [1.165, 1.54) is 0 Å². The van der Waals surface area contributed by atoms with Gasteiger partial charge in [-0.3, -0.25) is 20.0 Å². The highest BCUT2D eigenvalue weighted by Crippen LogP contribution is 2.33. The predicted molar refractivity (Wildman–Crippen MR) is 169 cm³/mol. The van der Waals surface area contributed by atoms with Crippen molar-refractivity contribution in [3.63, 3.8) is 0 Å². The molecule has 11 nitrogen and oxygen atoms in total. The van der Waals surface area contributed by atoms with E-state index in [2.05, 4.69) is 15.6 Å². The molecular weight excluding hydrogens is 556 g/mol. The van der Waals surface area contributed by atoms with Crippen LogP contribution < -0.4 is 26.8 Å². The molecule has 2 aromatic heterocycles. The number of nitrogens with zero attached hydrogens (tertiary/aromatic N) is 3. The molecule has 44 heavy (non-hydrogen) atoms. The Bertz CT molecular complexity index is 1760. The molecule has 224 valence electrons. The zero-order valence-corrected chi connectivity index (χ0v) is 24.1. The van der Waals surface area contributed by atoms with Gasteiger partial charge in [-0.1, -0.05) is 30.3 Å². The quantitative estimate of drug-likeness (QED) is 0.0778. The van der Waals surface area contributed by atoms with Crippen LogP contribution in [0.5, 0.6) is 11.5 Å². The number of pyridine rings is 1. The van der Waals surface area contributed by atoms with Gasteiger partial charge in [0.2, 0.25) is 5.91 Å². The summed E-state index contributed by atoms with van der Waals surface area (Å²) in [5.74, 6) is 0.905. The van der Waals surface area contributed by atoms with Crippen LogP contribution in [0.15, 0.2) is 97.3 Å². The van der Waals surface area contributed by atoms with Crippen LogP contribution in [0.25, 0.3) is 22.4 Å². The Hall–Kier alpha value is -5.71. The monoisotopic (exact) mass is 590 g/mol. The fourth-order valence-electron chi connectivity index (χ4n) is 4.97. The van der Waals surface area contributed by atoms with Crippen LogP contribution in [0, 0.1) is 5.41 Å². The molecule has 5 aromatic rings. The molecule has 0 spiro atoms. The van der Waals surface area contributed by atoms with E-state index in [0.717, 1.165) is 5.56 Å². The number of rotatable bonds is 13. The molecule has 0 aliphatic rings. The molecule has 2 amide bonds. The first-order chi connectivity index (χ1) is 21.4. The molecule has 1 unspecified atom stereocenters. The number of ether oxygens (including phenoxy) is 1. The summed E-state index contributed by atoms with van der Waals surface area (Å²) >= 11 is 0. The minimum Gasteiger partial charge on any atom is -0.457 e. The molecule has 7 N–H and O–H groups in total. The maximum Gasteiger partial charge on any atom is 0.251 e. The molecular formula is C33H34N8O3. The highest BCUT2D eigenvalue weighted by atomic mass is 16.5. The third-order valence-corrected chi connectivity index (χ3v) is 7.08. The van der Waals surface area contributed by atoms with Crippen molar-refractivity contribution >= 4 is 28.8 Å². The fourth-order valence-corrected chi connectivity index (χ4v) is 4.97. The van der Waals surface area contributed by atoms with Gasteiger partial charge in [0.25, 0.3) is 5.91 Å². The summed E-state index contributed by atoms with van der Waals surface area (Å²) in [6, 6.07) is 25.2. The minimum atomic E-state index is -0.748. The number of aromatic nitrogens is 3. The third kappa shape index (κ3) is 7.37. The standard InChI is InChI=1S/C33H34N8O3/c34-30(42)29(10-5-16-39-33(35)36)41-28-12-11-24(32(43)38-19-15-22-13-17-37-18-14-22)21-27(28)40-31(41)23-6-4-9-26(20-23)44-25-7-2-1-3-8-25/h1-4,6-9,11-14,17-18,20-21,29H,5,10,15-16,19H2,(H2,34,42)(H,38,43)(H4,35,36,39). The van der Waals surface area contributed by atoms with Gasteiger partial charge >= 0.3 is 0 Å². The summed E-state index contributed by atoms with van der Waals surface area (Å²) in [7, 11) is 0. The van der Waals surface area contributed by atoms with Crippen molar-refractivity contribution in [2.45, 2.75) is 25.3 Å². The van der Waals surface area contributed by atoms with E-state index in [1.807, 2.05) is 71.3 Å². The number of carbonyl (C=O) groups is 2. The number of nitrogens with one attached hydrogen (secondary N) is 3. The van der Waals surface area contributed by atoms with Gasteiger partial charge in [0.15, 0.2) is 5.96 Å². The van der Waals surface area contributed by atoms with Crippen LogP contribution in [0.2, 0.25) is 0 Å². The van der Waals surface area contributed by atoms with Crippen molar-refractivity contribution < 1.29 is 14.3 Å². The van der Waals surface area contributed by atoms with Gasteiger partial charge in [0, 0.05) is 36.6 Å². The Morgan fingerprint density at radius 1 is 0.886 bits per heavy atom. The molecule has 0 aliphatic carbocycles. The average Bonchev–Trinajstić information content (AvgIpc) is 3.40. The summed E-state index contributed by atoms with van der Waals surface area (Å²) in [5, 5.41) is 13.1. The van der Waals surface area contributed by atoms with E-state index in [9.17, 15) is 9.59 Å². The van der Waals surface area contributed by atoms with Crippen LogP contribution >= 0.6 is 0 Å². The van der Waals surface area contributed by atoms with Crippen LogP contribution in [-0.4, -0.2) is 45.4 Å². The molecule has 3 aromatic carbocycles. The Labute approximate surface area is 254 Å². The summed E-state index contributed by atoms with van der Waals surface area (Å²) in [6.07, 6.45) is 5.03. The van der Waals surface area contributed by atoms with Gasteiger partial charge < -0.3 is 31.4 Å². The normalized spacial score (nSPS) is 11.5. The Morgan fingerprint density at radius 3 is 2.41 bits per heavy atom. The molecule has 0 aliphatic heterocycles. The molecule has 0 fully saturated rings. The Kier molecular flexibility index (Phi) is 9.45. The van der Waals surface area contributed by atoms with Gasteiger partial charge in [-0.25, -0.2) is 4.98 Å². The first-order valence-corrected chi connectivity index (χ1v) is 14.3. The summed E-state index contributed by atoms with van der Waals surface area (Å²) in [4.78, 5) is 34.8. The van der Waals surface area contributed by atoms with Crippen molar-refractivity contribution in [1.29, 1.82) is 5.41 Å². The lowest BCUT2D eigenvalue weighted by atomic mass is 10.1. The number of guanidine groups is 1. The molecule has 0 radical (unpaired) electrons. The maximum atomic E-state index is 13.0. The van der Waals surface area contributed by atoms with Crippen molar-refractivity contribution in [1.82, 2.24) is 25.2 Å². The van der Waals surface area contributed by atoms with Gasteiger partial charge in [-0.05, 0) is 79.4 Å². The van der Waals surface area contributed by atoms with Gasteiger partial charge in [-0.2, -0.15) is 0 Å². The van der Waals surface area contributed by atoms with Gasteiger partial charge in [-0.15, -0.1) is 0 Å². The zero-order chi connectivity index (χ0) is 30.9. The summed E-state index contributed by atoms with van der Waals surface area (Å²) < 4.78 is 7.88. The molecule has 0 bridgehead atoms. The zero-order valence-electron chi connectivity index (χ0n) is 24.1. The van der Waals surface area contributed by atoms with E-state index in [-0.39, 0.29) is 11.9 Å². The van der Waals surface area contributed by atoms with Crippen molar-refractivity contribution in [2.75, 3.05) is 13.1 Å². The lowest BCUT2D eigenvalue weighted by Gasteiger charge is -2.20. The van der Waals surface area contributed by atoms with Gasteiger partial charge in [0.05, 0.1) is 11.0 Å². The highest BCUT2D eigenvalue weighted by Gasteiger charge is 2.25. The Balaban J connectivity index is 1.48. The number of imidazole rings is 1. The first-order valence-electron chi connectivity index (χ1n) is 14.3. The van der Waals surface area contributed by atoms with Crippen molar-refractivity contribution in [3.8, 4) is 22.9 Å². The number of para-hydroxylation sites is 1. The molecule has 1 atom stereocenters. The Morgan fingerprint density at radius 2 is 1.66 bits per heavy atom. The number of benzene rings is 3. The van der Waals surface area contributed by atoms with E-state index >= 15 is 0 Å².